The normalized spacial score (nSPS) is 10.5. The van der Waals surface area contributed by atoms with E-state index in [0.29, 0.717) is 17.8 Å². The molecule has 0 fully saturated rings. The number of halogens is 2. The molecule has 2 aromatic rings. The number of benzene rings is 1. The maximum atomic E-state index is 10.6. The van der Waals surface area contributed by atoms with E-state index in [9.17, 15) is 4.79 Å². The summed E-state index contributed by atoms with van der Waals surface area (Å²) in [5.41, 5.74) is 2.16. The van der Waals surface area contributed by atoms with E-state index in [0.717, 1.165) is 20.9 Å². The van der Waals surface area contributed by atoms with Gasteiger partial charge in [-0.2, -0.15) is 0 Å². The molecule has 1 aromatic heterocycles. The van der Waals surface area contributed by atoms with Gasteiger partial charge in [0, 0.05) is 14.5 Å². The Balaban J connectivity index is 2.55. The molecule has 2 rings (SSSR count). The van der Waals surface area contributed by atoms with Crippen LogP contribution < -0.4 is 0 Å². The molecule has 0 N–H and O–H groups in total. The number of carbonyl (C=O) groups excluding carboxylic acids is 1. The first-order valence-electron chi connectivity index (χ1n) is 5.19. The highest BCUT2D eigenvalue weighted by atomic mass is 79.9. The third kappa shape index (κ3) is 2.53. The zero-order chi connectivity index (χ0) is 12.4. The summed E-state index contributed by atoms with van der Waals surface area (Å²) in [6.45, 7) is 2.10. The van der Waals surface area contributed by atoms with Crippen molar-refractivity contribution in [3.8, 4) is 11.3 Å². The Morgan fingerprint density at radius 1 is 1.24 bits per heavy atom. The molecule has 0 saturated carbocycles. The Kier molecular flexibility index (Phi) is 3.84. The fourth-order valence-corrected chi connectivity index (χ4v) is 3.29. The Hall–Kier alpha value is -0.870. The van der Waals surface area contributed by atoms with Gasteiger partial charge in [0.15, 0.2) is 12.0 Å². The lowest BCUT2D eigenvalue weighted by atomic mass is 10.1. The third-order valence-corrected chi connectivity index (χ3v) is 3.75. The van der Waals surface area contributed by atoms with Crippen LogP contribution in [-0.2, 0) is 6.42 Å². The van der Waals surface area contributed by atoms with Crippen molar-refractivity contribution >= 4 is 38.1 Å². The smallest absolute Gasteiger partial charge is 0.185 e. The molecule has 0 spiro atoms. The summed E-state index contributed by atoms with van der Waals surface area (Å²) in [7, 11) is 0. The van der Waals surface area contributed by atoms with Crippen LogP contribution in [0, 0.1) is 0 Å². The van der Waals surface area contributed by atoms with E-state index in [-0.39, 0.29) is 0 Å². The number of carbonyl (C=O) groups is 1. The van der Waals surface area contributed by atoms with Crippen LogP contribution in [0.2, 0.25) is 0 Å². The molecule has 88 valence electrons. The summed E-state index contributed by atoms with van der Waals surface area (Å²) in [6.07, 6.45) is 1.67. The van der Waals surface area contributed by atoms with Crippen molar-refractivity contribution in [2.75, 3.05) is 0 Å². The van der Waals surface area contributed by atoms with Gasteiger partial charge in [-0.3, -0.25) is 4.79 Å². The monoisotopic (exact) mass is 356 g/mol. The largest absolute Gasteiger partial charge is 0.453 e. The van der Waals surface area contributed by atoms with Gasteiger partial charge >= 0.3 is 0 Å². The topological polar surface area (TPSA) is 30.2 Å². The standard InChI is InChI=1S/C13H10Br2O2/c1-2-8-5-10(14)13(11(15)6-8)12-4-3-9(7-16)17-12/h3-7H,2H2,1H3. The maximum Gasteiger partial charge on any atom is 0.185 e. The second-order valence-electron chi connectivity index (χ2n) is 3.61. The van der Waals surface area contributed by atoms with Gasteiger partial charge in [-0.25, -0.2) is 0 Å². The molecule has 0 radical (unpaired) electrons. The number of aryl methyl sites for hydroxylation is 1. The summed E-state index contributed by atoms with van der Waals surface area (Å²) >= 11 is 7.06. The highest BCUT2D eigenvalue weighted by Crippen LogP contribution is 2.37. The van der Waals surface area contributed by atoms with Gasteiger partial charge in [-0.1, -0.05) is 6.92 Å². The second kappa shape index (κ2) is 5.19. The van der Waals surface area contributed by atoms with Crippen molar-refractivity contribution in [3.05, 3.63) is 44.5 Å². The lowest BCUT2D eigenvalue weighted by Gasteiger charge is -2.07. The quantitative estimate of drug-likeness (QED) is 0.735. The summed E-state index contributed by atoms with van der Waals surface area (Å²) < 4.78 is 7.33. The summed E-state index contributed by atoms with van der Waals surface area (Å²) in [5, 5.41) is 0. The maximum absolute atomic E-state index is 10.6. The zero-order valence-electron chi connectivity index (χ0n) is 9.17. The SMILES string of the molecule is CCc1cc(Br)c(-c2ccc(C=O)o2)c(Br)c1. The summed E-state index contributed by atoms with van der Waals surface area (Å²) in [5.74, 6) is 1.01. The fraction of sp³-hybridized carbons (Fsp3) is 0.154. The van der Waals surface area contributed by atoms with Gasteiger partial charge in [-0.05, 0) is 68.1 Å². The molecule has 0 aliphatic rings. The first kappa shape index (κ1) is 12.6. The van der Waals surface area contributed by atoms with Gasteiger partial charge in [0.2, 0.25) is 0 Å². The average molecular weight is 358 g/mol. The van der Waals surface area contributed by atoms with Gasteiger partial charge < -0.3 is 4.42 Å². The van der Waals surface area contributed by atoms with Crippen LogP contribution in [-0.4, -0.2) is 6.29 Å². The van der Waals surface area contributed by atoms with E-state index in [4.69, 9.17) is 4.42 Å². The van der Waals surface area contributed by atoms with Crippen molar-refractivity contribution in [2.24, 2.45) is 0 Å². The van der Waals surface area contributed by atoms with E-state index in [1.807, 2.05) is 0 Å². The molecule has 17 heavy (non-hydrogen) atoms. The minimum absolute atomic E-state index is 0.332. The Bertz CT molecular complexity index is 535. The molecule has 0 aliphatic heterocycles. The predicted molar refractivity (Wildman–Crippen MR) is 74.3 cm³/mol. The molecule has 0 amide bonds. The van der Waals surface area contributed by atoms with Gasteiger partial charge in [0.05, 0.1) is 0 Å². The molecule has 0 aliphatic carbocycles. The first-order valence-corrected chi connectivity index (χ1v) is 6.77. The Morgan fingerprint density at radius 3 is 2.35 bits per heavy atom. The van der Waals surface area contributed by atoms with Gasteiger partial charge in [0.1, 0.15) is 5.76 Å². The van der Waals surface area contributed by atoms with Crippen LogP contribution in [0.5, 0.6) is 0 Å². The van der Waals surface area contributed by atoms with Crippen molar-refractivity contribution in [3.63, 3.8) is 0 Å². The van der Waals surface area contributed by atoms with E-state index in [2.05, 4.69) is 50.9 Å². The van der Waals surface area contributed by atoms with Crippen LogP contribution in [0.3, 0.4) is 0 Å². The second-order valence-corrected chi connectivity index (χ2v) is 5.32. The molecule has 2 nitrogen and oxygen atoms in total. The van der Waals surface area contributed by atoms with Crippen molar-refractivity contribution < 1.29 is 9.21 Å². The first-order chi connectivity index (χ1) is 8.15. The molecule has 0 saturated heterocycles. The van der Waals surface area contributed by atoms with Crippen LogP contribution in [0.15, 0.2) is 37.6 Å². The van der Waals surface area contributed by atoms with Crippen LogP contribution in [0.4, 0.5) is 0 Å². The minimum atomic E-state index is 0.332. The fourth-order valence-electron chi connectivity index (χ4n) is 1.62. The highest BCUT2D eigenvalue weighted by molar-refractivity contribution is 9.11. The molecule has 0 unspecified atom stereocenters. The average Bonchev–Trinajstić information content (AvgIpc) is 2.76. The van der Waals surface area contributed by atoms with Crippen LogP contribution in [0.25, 0.3) is 11.3 Å². The van der Waals surface area contributed by atoms with Gasteiger partial charge in [0.25, 0.3) is 0 Å². The number of hydrogen-bond acceptors (Lipinski definition) is 2. The number of furan rings is 1. The van der Waals surface area contributed by atoms with E-state index in [1.165, 1.54) is 5.56 Å². The minimum Gasteiger partial charge on any atom is -0.453 e. The van der Waals surface area contributed by atoms with E-state index in [1.54, 1.807) is 12.1 Å². The molecule has 0 bridgehead atoms. The van der Waals surface area contributed by atoms with Crippen molar-refractivity contribution in [1.29, 1.82) is 0 Å². The number of hydrogen-bond donors (Lipinski definition) is 0. The summed E-state index contributed by atoms with van der Waals surface area (Å²) in [4.78, 5) is 10.6. The number of rotatable bonds is 3. The molecule has 4 heteroatoms. The van der Waals surface area contributed by atoms with Gasteiger partial charge in [-0.15, -0.1) is 0 Å². The molecular weight excluding hydrogens is 348 g/mol. The summed E-state index contributed by atoms with van der Waals surface area (Å²) in [6, 6.07) is 7.57. The molecule has 1 heterocycles. The number of aldehydes is 1. The molecule has 0 atom stereocenters. The Morgan fingerprint density at radius 2 is 1.88 bits per heavy atom. The van der Waals surface area contributed by atoms with E-state index >= 15 is 0 Å². The lowest BCUT2D eigenvalue weighted by Crippen LogP contribution is -1.85. The van der Waals surface area contributed by atoms with Crippen LogP contribution >= 0.6 is 31.9 Å². The van der Waals surface area contributed by atoms with Crippen LogP contribution in [0.1, 0.15) is 23.0 Å². The molecule has 1 aromatic carbocycles. The molecular formula is C13H10Br2O2. The highest BCUT2D eigenvalue weighted by Gasteiger charge is 2.13. The Labute approximate surface area is 116 Å². The van der Waals surface area contributed by atoms with Crippen molar-refractivity contribution in [1.82, 2.24) is 0 Å². The third-order valence-electron chi connectivity index (χ3n) is 2.50. The lowest BCUT2D eigenvalue weighted by molar-refractivity contribution is 0.110. The van der Waals surface area contributed by atoms with E-state index < -0.39 is 0 Å². The predicted octanol–water partition coefficient (Wildman–Crippen LogP) is 4.85. The zero-order valence-corrected chi connectivity index (χ0v) is 12.3. The van der Waals surface area contributed by atoms with Crippen molar-refractivity contribution in [2.45, 2.75) is 13.3 Å².